The number of hydrogen-bond acceptors (Lipinski definition) is 2. The Morgan fingerprint density at radius 3 is 2.55 bits per heavy atom. The van der Waals surface area contributed by atoms with Crippen molar-refractivity contribution >= 4 is 16.7 Å². The molecule has 96 valence electrons. The van der Waals surface area contributed by atoms with Gasteiger partial charge >= 0.3 is 0 Å². The number of para-hydroxylation sites is 1. The lowest BCUT2D eigenvalue weighted by atomic mass is 9.87. The summed E-state index contributed by atoms with van der Waals surface area (Å²) >= 11 is 0. The molecular weight excluding hydrogens is 250 g/mol. The molecule has 0 amide bonds. The molecule has 3 heteroatoms. The Balaban J connectivity index is 2.09. The SMILES string of the molecule is O=C1c2ccccc2Cc2c1[nH]c1ccccc1c2=O. The first-order chi connectivity index (χ1) is 9.75. The summed E-state index contributed by atoms with van der Waals surface area (Å²) in [5.74, 6) is -0.0929. The largest absolute Gasteiger partial charge is 0.351 e. The number of pyridine rings is 1. The minimum atomic E-state index is -0.0929. The molecule has 3 nitrogen and oxygen atoms in total. The van der Waals surface area contributed by atoms with Gasteiger partial charge in [0, 0.05) is 28.5 Å². The van der Waals surface area contributed by atoms with Crippen LogP contribution in [0.2, 0.25) is 0 Å². The van der Waals surface area contributed by atoms with E-state index < -0.39 is 0 Å². The van der Waals surface area contributed by atoms with E-state index in [1.807, 2.05) is 42.5 Å². The molecule has 0 bridgehead atoms. The van der Waals surface area contributed by atoms with Gasteiger partial charge in [-0.05, 0) is 17.7 Å². The van der Waals surface area contributed by atoms with Crippen LogP contribution in [0.3, 0.4) is 0 Å². The Morgan fingerprint density at radius 2 is 1.65 bits per heavy atom. The van der Waals surface area contributed by atoms with Gasteiger partial charge in [0.15, 0.2) is 5.43 Å². The monoisotopic (exact) mass is 261 g/mol. The normalized spacial score (nSPS) is 13.1. The van der Waals surface area contributed by atoms with E-state index in [4.69, 9.17) is 0 Å². The van der Waals surface area contributed by atoms with Crippen LogP contribution in [0.4, 0.5) is 0 Å². The molecule has 1 aliphatic carbocycles. The second-order valence-corrected chi connectivity index (χ2v) is 5.02. The number of nitrogens with one attached hydrogen (secondary N) is 1. The lowest BCUT2D eigenvalue weighted by Crippen LogP contribution is -2.24. The topological polar surface area (TPSA) is 49.9 Å². The van der Waals surface area contributed by atoms with Crippen molar-refractivity contribution in [1.82, 2.24) is 4.98 Å². The van der Waals surface area contributed by atoms with Crippen molar-refractivity contribution in [2.45, 2.75) is 6.42 Å². The van der Waals surface area contributed by atoms with Crippen LogP contribution in [0.1, 0.15) is 27.2 Å². The number of carbonyl (C=O) groups excluding carboxylic acids is 1. The van der Waals surface area contributed by atoms with E-state index in [2.05, 4.69) is 4.98 Å². The van der Waals surface area contributed by atoms with E-state index >= 15 is 0 Å². The van der Waals surface area contributed by atoms with Gasteiger partial charge in [-0.25, -0.2) is 0 Å². The number of ketones is 1. The van der Waals surface area contributed by atoms with Crippen molar-refractivity contribution in [3.8, 4) is 0 Å². The first-order valence-electron chi connectivity index (χ1n) is 6.52. The summed E-state index contributed by atoms with van der Waals surface area (Å²) in [5, 5.41) is 0.637. The van der Waals surface area contributed by atoms with Gasteiger partial charge < -0.3 is 4.98 Å². The summed E-state index contributed by atoms with van der Waals surface area (Å²) in [6.45, 7) is 0. The summed E-state index contributed by atoms with van der Waals surface area (Å²) in [6.07, 6.45) is 0.511. The molecule has 20 heavy (non-hydrogen) atoms. The van der Waals surface area contributed by atoms with Crippen molar-refractivity contribution < 1.29 is 4.79 Å². The Morgan fingerprint density at radius 1 is 0.900 bits per heavy atom. The number of rotatable bonds is 0. The van der Waals surface area contributed by atoms with Crippen molar-refractivity contribution in [2.24, 2.45) is 0 Å². The zero-order chi connectivity index (χ0) is 13.7. The molecule has 1 aromatic heterocycles. The maximum Gasteiger partial charge on any atom is 0.209 e. The summed E-state index contributed by atoms with van der Waals surface area (Å²) < 4.78 is 0. The maximum atomic E-state index is 12.6. The van der Waals surface area contributed by atoms with E-state index in [9.17, 15) is 9.59 Å². The van der Waals surface area contributed by atoms with E-state index in [0.29, 0.717) is 34.1 Å². The quantitative estimate of drug-likeness (QED) is 0.529. The van der Waals surface area contributed by atoms with Crippen LogP contribution in [0.5, 0.6) is 0 Å². The third kappa shape index (κ3) is 1.40. The van der Waals surface area contributed by atoms with Crippen LogP contribution >= 0.6 is 0 Å². The third-order valence-corrected chi connectivity index (χ3v) is 3.86. The Kier molecular flexibility index (Phi) is 2.18. The first-order valence-corrected chi connectivity index (χ1v) is 6.52. The van der Waals surface area contributed by atoms with E-state index in [1.54, 1.807) is 6.07 Å². The Bertz CT molecular complexity index is 922. The average Bonchev–Trinajstić information content (AvgIpc) is 2.49. The van der Waals surface area contributed by atoms with E-state index in [0.717, 1.165) is 5.56 Å². The van der Waals surface area contributed by atoms with Gasteiger partial charge in [0.2, 0.25) is 5.78 Å². The molecule has 1 heterocycles. The molecule has 4 rings (SSSR count). The summed E-state index contributed by atoms with van der Waals surface area (Å²) in [7, 11) is 0. The minimum Gasteiger partial charge on any atom is -0.351 e. The fourth-order valence-electron chi connectivity index (χ4n) is 2.86. The van der Waals surface area contributed by atoms with Crippen molar-refractivity contribution in [3.63, 3.8) is 0 Å². The predicted octanol–water partition coefficient (Wildman–Crippen LogP) is 2.66. The van der Waals surface area contributed by atoms with E-state index in [1.165, 1.54) is 0 Å². The second kappa shape index (κ2) is 3.90. The van der Waals surface area contributed by atoms with Crippen LogP contribution in [0.15, 0.2) is 53.3 Å². The predicted molar refractivity (Wildman–Crippen MR) is 77.2 cm³/mol. The number of benzene rings is 2. The minimum absolute atomic E-state index is 0.0443. The highest BCUT2D eigenvalue weighted by atomic mass is 16.1. The standard InChI is InChI=1S/C17H11NO2/c19-16-12-7-3-4-8-14(12)18-15-13(16)9-10-5-1-2-6-11(10)17(15)20/h1-8H,9H2,(H,18,19). The lowest BCUT2D eigenvalue weighted by molar-refractivity contribution is 0.103. The highest BCUT2D eigenvalue weighted by Gasteiger charge is 2.26. The molecule has 1 N–H and O–H groups in total. The van der Waals surface area contributed by atoms with Gasteiger partial charge in [0.05, 0.1) is 5.69 Å². The fourth-order valence-corrected chi connectivity index (χ4v) is 2.86. The van der Waals surface area contributed by atoms with Crippen LogP contribution in [-0.2, 0) is 6.42 Å². The highest BCUT2D eigenvalue weighted by molar-refractivity contribution is 6.12. The van der Waals surface area contributed by atoms with Crippen molar-refractivity contribution in [1.29, 1.82) is 0 Å². The zero-order valence-electron chi connectivity index (χ0n) is 10.6. The number of H-pyrrole nitrogens is 1. The van der Waals surface area contributed by atoms with Gasteiger partial charge in [-0.2, -0.15) is 0 Å². The molecule has 0 unspecified atom stereocenters. The molecule has 3 aromatic rings. The molecule has 0 atom stereocenters. The highest BCUT2D eigenvalue weighted by Crippen LogP contribution is 2.25. The Hall–Kier alpha value is -2.68. The third-order valence-electron chi connectivity index (χ3n) is 3.86. The van der Waals surface area contributed by atoms with E-state index in [-0.39, 0.29) is 11.2 Å². The van der Waals surface area contributed by atoms with Crippen LogP contribution in [-0.4, -0.2) is 10.8 Å². The first kappa shape index (κ1) is 11.2. The summed E-state index contributed by atoms with van der Waals surface area (Å²) in [5.41, 5.74) is 3.29. The summed E-state index contributed by atoms with van der Waals surface area (Å²) in [6, 6.07) is 14.8. The number of aromatic nitrogens is 1. The van der Waals surface area contributed by atoms with Gasteiger partial charge in [0.1, 0.15) is 0 Å². The number of carbonyl (C=O) groups is 1. The number of fused-ring (bicyclic) bond motifs is 3. The molecular formula is C17H11NO2. The number of hydrogen-bond donors (Lipinski definition) is 1. The van der Waals surface area contributed by atoms with Gasteiger partial charge in [-0.1, -0.05) is 36.4 Å². The Labute approximate surface area is 114 Å². The molecule has 0 saturated heterocycles. The van der Waals surface area contributed by atoms with Gasteiger partial charge in [-0.15, -0.1) is 0 Å². The molecule has 0 saturated carbocycles. The maximum absolute atomic E-state index is 12.6. The summed E-state index contributed by atoms with van der Waals surface area (Å²) in [4.78, 5) is 28.2. The van der Waals surface area contributed by atoms with Crippen LogP contribution < -0.4 is 5.43 Å². The smallest absolute Gasteiger partial charge is 0.209 e. The second-order valence-electron chi connectivity index (χ2n) is 5.02. The lowest BCUT2D eigenvalue weighted by Gasteiger charge is -2.18. The molecule has 0 radical (unpaired) electrons. The molecule has 0 aliphatic heterocycles. The van der Waals surface area contributed by atoms with Gasteiger partial charge in [0.25, 0.3) is 0 Å². The van der Waals surface area contributed by atoms with Crippen LogP contribution in [0, 0.1) is 0 Å². The molecule has 2 aromatic carbocycles. The zero-order valence-corrected chi connectivity index (χ0v) is 10.6. The molecule has 1 aliphatic rings. The number of aromatic amines is 1. The fraction of sp³-hybridized carbons (Fsp3) is 0.0588. The molecule has 0 spiro atoms. The van der Waals surface area contributed by atoms with Crippen molar-refractivity contribution in [2.75, 3.05) is 0 Å². The van der Waals surface area contributed by atoms with Crippen LogP contribution in [0.25, 0.3) is 10.9 Å². The van der Waals surface area contributed by atoms with Gasteiger partial charge in [-0.3, -0.25) is 9.59 Å². The average molecular weight is 261 g/mol. The molecule has 0 fully saturated rings. The van der Waals surface area contributed by atoms with Crippen molar-refractivity contribution in [3.05, 3.63) is 81.1 Å².